The highest BCUT2D eigenvalue weighted by molar-refractivity contribution is 7.92. The standard InChI is InChI=1S/C15H18N6O3S2/c1-11-17-18-15-21(11)19-14(25-15)8-7-13(22)16-9-10-26(23,24)20-12-5-3-2-4-6-12/h2-6,20H,7-10H2,1H3,(H,16,22). The van der Waals surface area contributed by atoms with Gasteiger partial charge in [-0.1, -0.05) is 29.5 Å². The van der Waals surface area contributed by atoms with Crippen molar-refractivity contribution >= 4 is 37.9 Å². The molecule has 0 bridgehead atoms. The van der Waals surface area contributed by atoms with Crippen LogP contribution in [0.25, 0.3) is 4.96 Å². The molecule has 2 heterocycles. The number of amides is 1. The van der Waals surface area contributed by atoms with Crippen molar-refractivity contribution in [3.63, 3.8) is 0 Å². The van der Waals surface area contributed by atoms with Gasteiger partial charge in [-0.05, 0) is 19.1 Å². The predicted octanol–water partition coefficient (Wildman–Crippen LogP) is 0.985. The van der Waals surface area contributed by atoms with Gasteiger partial charge in [-0.15, -0.1) is 10.2 Å². The molecule has 0 aliphatic rings. The SMILES string of the molecule is Cc1nnc2sc(CCC(=O)NCCS(=O)(=O)Nc3ccccc3)nn12. The van der Waals surface area contributed by atoms with Crippen LogP contribution < -0.4 is 10.0 Å². The summed E-state index contributed by atoms with van der Waals surface area (Å²) >= 11 is 1.38. The normalized spacial score (nSPS) is 11.6. The van der Waals surface area contributed by atoms with Crippen LogP contribution in [-0.2, 0) is 21.2 Å². The second kappa shape index (κ2) is 7.79. The molecule has 26 heavy (non-hydrogen) atoms. The van der Waals surface area contributed by atoms with Crippen molar-refractivity contribution in [3.05, 3.63) is 41.2 Å². The number of anilines is 1. The van der Waals surface area contributed by atoms with E-state index in [1.165, 1.54) is 11.3 Å². The number of sulfonamides is 1. The zero-order chi connectivity index (χ0) is 18.6. The van der Waals surface area contributed by atoms with Gasteiger partial charge < -0.3 is 5.32 Å². The molecule has 0 spiro atoms. The fraction of sp³-hybridized carbons (Fsp3) is 0.333. The molecular formula is C15H18N6O3S2. The highest BCUT2D eigenvalue weighted by atomic mass is 32.2. The van der Waals surface area contributed by atoms with Gasteiger partial charge in [0.05, 0.1) is 5.75 Å². The Morgan fingerprint density at radius 1 is 1.23 bits per heavy atom. The predicted molar refractivity (Wildman–Crippen MR) is 98.6 cm³/mol. The highest BCUT2D eigenvalue weighted by Crippen LogP contribution is 2.15. The lowest BCUT2D eigenvalue weighted by Crippen LogP contribution is -2.31. The Hall–Kier alpha value is -2.53. The maximum atomic E-state index is 12.0. The van der Waals surface area contributed by atoms with E-state index >= 15 is 0 Å². The third-order valence-corrected chi connectivity index (χ3v) is 5.74. The first kappa shape index (κ1) is 18.3. The van der Waals surface area contributed by atoms with Crippen LogP contribution in [0.5, 0.6) is 0 Å². The lowest BCUT2D eigenvalue weighted by Gasteiger charge is -2.08. The first-order valence-corrected chi connectivity index (χ1v) is 10.4. The Kier molecular flexibility index (Phi) is 5.47. The molecule has 0 atom stereocenters. The molecule has 2 aromatic heterocycles. The van der Waals surface area contributed by atoms with Crippen LogP contribution in [0, 0.1) is 6.92 Å². The van der Waals surface area contributed by atoms with Gasteiger partial charge in [-0.3, -0.25) is 9.52 Å². The Morgan fingerprint density at radius 3 is 2.73 bits per heavy atom. The number of rotatable bonds is 8. The summed E-state index contributed by atoms with van der Waals surface area (Å²) in [7, 11) is -3.51. The van der Waals surface area contributed by atoms with Crippen molar-refractivity contribution in [3.8, 4) is 0 Å². The minimum atomic E-state index is -3.51. The van der Waals surface area contributed by atoms with Crippen LogP contribution in [0.1, 0.15) is 17.3 Å². The zero-order valence-corrected chi connectivity index (χ0v) is 15.7. The van der Waals surface area contributed by atoms with Crippen molar-refractivity contribution in [2.75, 3.05) is 17.0 Å². The molecule has 3 aromatic rings. The number of benzene rings is 1. The molecule has 1 amide bonds. The van der Waals surface area contributed by atoms with E-state index in [2.05, 4.69) is 25.3 Å². The van der Waals surface area contributed by atoms with Crippen molar-refractivity contribution < 1.29 is 13.2 Å². The fourth-order valence-electron chi connectivity index (χ4n) is 2.23. The second-order valence-electron chi connectivity index (χ2n) is 5.57. The molecule has 9 nitrogen and oxygen atoms in total. The van der Waals surface area contributed by atoms with Crippen molar-refractivity contribution in [1.82, 2.24) is 25.1 Å². The average molecular weight is 394 g/mol. The minimum Gasteiger partial charge on any atom is -0.355 e. The lowest BCUT2D eigenvalue weighted by atomic mass is 10.3. The number of aryl methyl sites for hydroxylation is 2. The number of carbonyl (C=O) groups is 1. The molecule has 0 unspecified atom stereocenters. The molecule has 0 saturated heterocycles. The molecule has 0 fully saturated rings. The van der Waals surface area contributed by atoms with E-state index in [9.17, 15) is 13.2 Å². The van der Waals surface area contributed by atoms with E-state index in [4.69, 9.17) is 0 Å². The van der Waals surface area contributed by atoms with E-state index < -0.39 is 10.0 Å². The van der Waals surface area contributed by atoms with Crippen LogP contribution in [0.3, 0.4) is 0 Å². The quantitative estimate of drug-likeness (QED) is 0.588. The Bertz CT molecular complexity index is 997. The Morgan fingerprint density at radius 2 is 2.00 bits per heavy atom. The molecule has 1 aromatic carbocycles. The molecule has 0 aliphatic carbocycles. The van der Waals surface area contributed by atoms with Crippen LogP contribution >= 0.6 is 11.3 Å². The number of hydrogen-bond donors (Lipinski definition) is 2. The molecular weight excluding hydrogens is 376 g/mol. The summed E-state index contributed by atoms with van der Waals surface area (Å²) in [4.78, 5) is 12.6. The van der Waals surface area contributed by atoms with Gasteiger partial charge in [-0.2, -0.15) is 9.61 Å². The minimum absolute atomic E-state index is 0.0468. The van der Waals surface area contributed by atoms with Gasteiger partial charge in [-0.25, -0.2) is 8.42 Å². The molecule has 0 radical (unpaired) electrons. The molecule has 0 saturated carbocycles. The maximum Gasteiger partial charge on any atom is 0.234 e. The number of fused-ring (bicyclic) bond motifs is 1. The first-order valence-electron chi connectivity index (χ1n) is 7.93. The van der Waals surface area contributed by atoms with Gasteiger partial charge in [0.15, 0.2) is 5.82 Å². The van der Waals surface area contributed by atoms with E-state index in [0.717, 1.165) is 5.01 Å². The van der Waals surface area contributed by atoms with Crippen molar-refractivity contribution in [1.29, 1.82) is 0 Å². The molecule has 11 heteroatoms. The van der Waals surface area contributed by atoms with E-state index in [1.807, 2.05) is 0 Å². The van der Waals surface area contributed by atoms with Crippen LogP contribution in [0.2, 0.25) is 0 Å². The molecule has 138 valence electrons. The number of aromatic nitrogens is 4. The summed E-state index contributed by atoms with van der Waals surface area (Å²) in [6.07, 6.45) is 0.698. The van der Waals surface area contributed by atoms with Crippen LogP contribution in [0.15, 0.2) is 30.3 Å². The maximum absolute atomic E-state index is 12.0. The summed E-state index contributed by atoms with van der Waals surface area (Å²) in [6.45, 7) is 1.85. The van der Waals surface area contributed by atoms with Gasteiger partial charge >= 0.3 is 0 Å². The molecule has 2 N–H and O–H groups in total. The molecule has 3 rings (SSSR count). The smallest absolute Gasteiger partial charge is 0.234 e. The number of para-hydroxylation sites is 1. The fourth-order valence-corrected chi connectivity index (χ4v) is 4.07. The number of carbonyl (C=O) groups excluding carboxylic acids is 1. The second-order valence-corrected chi connectivity index (χ2v) is 8.46. The van der Waals surface area contributed by atoms with Crippen LogP contribution in [0.4, 0.5) is 5.69 Å². The summed E-state index contributed by atoms with van der Waals surface area (Å²) in [5.41, 5.74) is 0.498. The Balaban J connectivity index is 1.42. The lowest BCUT2D eigenvalue weighted by molar-refractivity contribution is -0.120. The average Bonchev–Trinajstić information content (AvgIpc) is 3.15. The summed E-state index contributed by atoms with van der Waals surface area (Å²) < 4.78 is 28.1. The summed E-state index contributed by atoms with van der Waals surface area (Å²) in [6, 6.07) is 8.62. The van der Waals surface area contributed by atoms with Gasteiger partial charge in [0.1, 0.15) is 5.01 Å². The third kappa shape index (κ3) is 4.76. The highest BCUT2D eigenvalue weighted by Gasteiger charge is 2.13. The van der Waals surface area contributed by atoms with Crippen molar-refractivity contribution in [2.24, 2.45) is 0 Å². The first-order chi connectivity index (χ1) is 12.4. The summed E-state index contributed by atoms with van der Waals surface area (Å²) in [5.74, 6) is 0.287. The summed E-state index contributed by atoms with van der Waals surface area (Å²) in [5, 5.41) is 15.6. The Labute approximate surface area is 154 Å². The number of nitrogens with one attached hydrogen (secondary N) is 2. The van der Waals surface area contributed by atoms with Gasteiger partial charge in [0, 0.05) is 25.1 Å². The van der Waals surface area contributed by atoms with E-state index in [-0.39, 0.29) is 24.6 Å². The third-order valence-electron chi connectivity index (χ3n) is 3.49. The topological polar surface area (TPSA) is 118 Å². The van der Waals surface area contributed by atoms with E-state index in [0.29, 0.717) is 22.9 Å². The zero-order valence-electron chi connectivity index (χ0n) is 14.0. The van der Waals surface area contributed by atoms with E-state index in [1.54, 1.807) is 41.8 Å². The number of hydrogen-bond acceptors (Lipinski definition) is 7. The van der Waals surface area contributed by atoms with Crippen molar-refractivity contribution in [2.45, 2.75) is 19.8 Å². The molecule has 0 aliphatic heterocycles. The largest absolute Gasteiger partial charge is 0.355 e. The number of nitrogens with zero attached hydrogens (tertiary/aromatic N) is 4. The van der Waals surface area contributed by atoms with Gasteiger partial charge in [0.25, 0.3) is 0 Å². The monoisotopic (exact) mass is 394 g/mol. The van der Waals surface area contributed by atoms with Gasteiger partial charge in [0.2, 0.25) is 20.9 Å². The van der Waals surface area contributed by atoms with Crippen LogP contribution in [-0.4, -0.2) is 46.4 Å².